The lowest BCUT2D eigenvalue weighted by molar-refractivity contribution is -0.117. The van der Waals surface area contributed by atoms with Crippen LogP contribution in [-0.2, 0) is 16.0 Å². The number of anilines is 2. The van der Waals surface area contributed by atoms with Crippen molar-refractivity contribution in [1.82, 2.24) is 0 Å². The van der Waals surface area contributed by atoms with Crippen molar-refractivity contribution < 1.29 is 14.3 Å². The van der Waals surface area contributed by atoms with E-state index in [0.717, 1.165) is 16.7 Å². The third-order valence-electron chi connectivity index (χ3n) is 5.73. The Kier molecular flexibility index (Phi) is 7.23. The van der Waals surface area contributed by atoms with Crippen molar-refractivity contribution in [3.05, 3.63) is 100 Å². The summed E-state index contributed by atoms with van der Waals surface area (Å²) in [5.41, 5.74) is 4.01. The molecule has 6 nitrogen and oxygen atoms in total. The first-order valence-corrected chi connectivity index (χ1v) is 12.0. The van der Waals surface area contributed by atoms with Crippen molar-refractivity contribution >= 4 is 35.0 Å². The predicted molar refractivity (Wildman–Crippen MR) is 139 cm³/mol. The number of hydrogen-bond acceptors (Lipinski definition) is 5. The lowest BCUT2D eigenvalue weighted by atomic mass is 10.1. The van der Waals surface area contributed by atoms with Crippen molar-refractivity contribution in [3.63, 3.8) is 0 Å². The van der Waals surface area contributed by atoms with Gasteiger partial charge in [0, 0.05) is 5.69 Å². The number of ether oxygens (including phenoxy) is 1. The highest BCUT2D eigenvalue weighted by molar-refractivity contribution is 8.05. The number of benzene rings is 3. The second-order valence-corrected chi connectivity index (χ2v) is 9.43. The molecule has 1 N–H and O–H groups in total. The topological polar surface area (TPSA) is 82.4 Å². The van der Waals surface area contributed by atoms with Crippen LogP contribution >= 0.6 is 11.8 Å². The zero-order chi connectivity index (χ0) is 24.9. The first-order valence-electron chi connectivity index (χ1n) is 11.1. The van der Waals surface area contributed by atoms with Gasteiger partial charge in [0.25, 0.3) is 5.91 Å². The summed E-state index contributed by atoms with van der Waals surface area (Å²) in [4.78, 5) is 28.4. The van der Waals surface area contributed by atoms with Crippen LogP contribution in [0.25, 0.3) is 0 Å². The molecule has 1 unspecified atom stereocenters. The van der Waals surface area contributed by atoms with Gasteiger partial charge in [-0.25, -0.2) is 0 Å². The fraction of sp³-hybridized carbons (Fsp3) is 0.179. The molecule has 1 aliphatic rings. The molecule has 0 aromatic heterocycles. The number of nitrogens with zero attached hydrogens (tertiary/aromatic N) is 2. The molecule has 0 bridgehead atoms. The van der Waals surface area contributed by atoms with Crippen molar-refractivity contribution in [2.24, 2.45) is 0 Å². The second kappa shape index (κ2) is 10.5. The van der Waals surface area contributed by atoms with Gasteiger partial charge >= 0.3 is 0 Å². The minimum atomic E-state index is -0.549. The number of para-hydroxylation sites is 1. The Bertz CT molecular complexity index is 1340. The summed E-state index contributed by atoms with van der Waals surface area (Å²) in [5.74, 6) is -0.00932. The molecule has 1 saturated heterocycles. The average molecular weight is 484 g/mol. The van der Waals surface area contributed by atoms with Gasteiger partial charge in [0.1, 0.15) is 22.4 Å². The minimum absolute atomic E-state index is 0.0969. The van der Waals surface area contributed by atoms with Crippen LogP contribution in [0.2, 0.25) is 0 Å². The number of hydrogen-bond donors (Lipinski definition) is 1. The molecule has 0 aliphatic carbocycles. The van der Waals surface area contributed by atoms with E-state index in [4.69, 9.17) is 4.74 Å². The molecule has 3 aromatic carbocycles. The average Bonchev–Trinajstić information content (AvgIpc) is 3.16. The molecule has 0 spiro atoms. The fourth-order valence-electron chi connectivity index (χ4n) is 3.86. The maximum atomic E-state index is 13.7. The third-order valence-corrected chi connectivity index (χ3v) is 6.99. The van der Waals surface area contributed by atoms with E-state index in [-0.39, 0.29) is 11.5 Å². The van der Waals surface area contributed by atoms with E-state index < -0.39 is 11.2 Å². The Morgan fingerprint density at radius 3 is 2.51 bits per heavy atom. The number of nitriles is 1. The van der Waals surface area contributed by atoms with Gasteiger partial charge in [-0.3, -0.25) is 14.5 Å². The highest BCUT2D eigenvalue weighted by atomic mass is 32.2. The Hall–Kier alpha value is -4.02. The Balaban J connectivity index is 1.73. The number of rotatable bonds is 6. The molecule has 1 fully saturated rings. The van der Waals surface area contributed by atoms with E-state index in [1.807, 2.05) is 74.5 Å². The molecular formula is C28H25N3O3S. The van der Waals surface area contributed by atoms with Gasteiger partial charge in [-0.15, -0.1) is 0 Å². The fourth-order valence-corrected chi connectivity index (χ4v) is 5.17. The van der Waals surface area contributed by atoms with Gasteiger partial charge < -0.3 is 10.1 Å². The molecule has 3 aromatic rings. The quantitative estimate of drug-likeness (QED) is 0.376. The Morgan fingerprint density at radius 2 is 1.83 bits per heavy atom. The molecule has 35 heavy (non-hydrogen) atoms. The zero-order valence-electron chi connectivity index (χ0n) is 19.7. The van der Waals surface area contributed by atoms with E-state index in [1.54, 1.807) is 19.2 Å². The van der Waals surface area contributed by atoms with E-state index in [2.05, 4.69) is 11.4 Å². The summed E-state index contributed by atoms with van der Waals surface area (Å²) < 4.78 is 5.32. The first-order chi connectivity index (χ1) is 16.9. The van der Waals surface area contributed by atoms with Crippen LogP contribution in [0.3, 0.4) is 0 Å². The van der Waals surface area contributed by atoms with Crippen molar-refractivity contribution in [2.45, 2.75) is 25.5 Å². The largest absolute Gasteiger partial charge is 0.497 e. The predicted octanol–water partition coefficient (Wildman–Crippen LogP) is 5.38. The van der Waals surface area contributed by atoms with Crippen LogP contribution < -0.4 is 15.0 Å². The molecule has 2 amide bonds. The van der Waals surface area contributed by atoms with Crippen molar-refractivity contribution in [1.29, 1.82) is 5.26 Å². The first kappa shape index (κ1) is 24.1. The SMILES string of the molecule is COc1cccc(CC2SC(=C(C#N)C(=O)Nc3ccc(C)cc3)N(c3ccccc3C)C2=O)c1. The highest BCUT2D eigenvalue weighted by Gasteiger charge is 2.41. The third kappa shape index (κ3) is 5.23. The summed E-state index contributed by atoms with van der Waals surface area (Å²) in [6, 6.07) is 24.4. The number of carbonyl (C=O) groups excluding carboxylic acids is 2. The molecule has 0 saturated carbocycles. The Labute approximate surface area is 209 Å². The Morgan fingerprint density at radius 1 is 1.09 bits per heavy atom. The highest BCUT2D eigenvalue weighted by Crippen LogP contribution is 2.43. The van der Waals surface area contributed by atoms with Crippen LogP contribution in [0, 0.1) is 25.2 Å². The van der Waals surface area contributed by atoms with E-state index in [1.165, 1.54) is 16.7 Å². The minimum Gasteiger partial charge on any atom is -0.497 e. The standard InChI is InChI=1S/C28H25N3O3S/c1-18-11-13-21(14-12-18)30-26(32)23(17-29)28-31(24-10-5-4-7-19(24)2)27(33)25(35-28)16-20-8-6-9-22(15-20)34-3/h4-15,25H,16H2,1-3H3,(H,30,32). The normalized spacial score (nSPS) is 16.6. The molecule has 1 heterocycles. The van der Waals surface area contributed by atoms with Gasteiger partial charge in [-0.05, 0) is 61.7 Å². The smallest absolute Gasteiger partial charge is 0.269 e. The number of nitrogens with one attached hydrogen (secondary N) is 1. The van der Waals surface area contributed by atoms with E-state index in [9.17, 15) is 14.9 Å². The molecular weight excluding hydrogens is 458 g/mol. The monoisotopic (exact) mass is 483 g/mol. The van der Waals surface area contributed by atoms with Crippen molar-refractivity contribution in [2.75, 3.05) is 17.3 Å². The maximum absolute atomic E-state index is 13.7. The van der Waals surface area contributed by atoms with Crippen LogP contribution in [0.15, 0.2) is 83.4 Å². The number of methoxy groups -OCH3 is 1. The van der Waals surface area contributed by atoms with Gasteiger partial charge in [-0.1, -0.05) is 59.8 Å². The van der Waals surface area contributed by atoms with E-state index >= 15 is 0 Å². The van der Waals surface area contributed by atoms with Gasteiger partial charge in [-0.2, -0.15) is 5.26 Å². The van der Waals surface area contributed by atoms with E-state index in [0.29, 0.717) is 28.6 Å². The zero-order valence-corrected chi connectivity index (χ0v) is 20.6. The molecule has 1 aliphatic heterocycles. The number of thioether (sulfide) groups is 1. The molecule has 0 radical (unpaired) electrons. The molecule has 1 atom stereocenters. The molecule has 4 rings (SSSR count). The summed E-state index contributed by atoms with van der Waals surface area (Å²) >= 11 is 1.24. The van der Waals surface area contributed by atoms with Gasteiger partial charge in [0.05, 0.1) is 18.0 Å². The summed E-state index contributed by atoms with van der Waals surface area (Å²) in [6.45, 7) is 3.86. The lowest BCUT2D eigenvalue weighted by Crippen LogP contribution is -2.31. The van der Waals surface area contributed by atoms with Crippen molar-refractivity contribution in [3.8, 4) is 11.8 Å². The number of carbonyl (C=O) groups is 2. The van der Waals surface area contributed by atoms with Gasteiger partial charge in [0.2, 0.25) is 5.91 Å². The number of aryl methyl sites for hydroxylation is 2. The summed E-state index contributed by atoms with van der Waals surface area (Å²) in [6.07, 6.45) is 0.435. The molecule has 176 valence electrons. The van der Waals surface area contributed by atoms with Crippen LogP contribution in [0.5, 0.6) is 5.75 Å². The van der Waals surface area contributed by atoms with Crippen LogP contribution in [-0.4, -0.2) is 24.2 Å². The van der Waals surface area contributed by atoms with Crippen LogP contribution in [0.4, 0.5) is 11.4 Å². The maximum Gasteiger partial charge on any atom is 0.269 e. The lowest BCUT2D eigenvalue weighted by Gasteiger charge is -2.20. The number of amides is 2. The molecule has 7 heteroatoms. The summed E-state index contributed by atoms with van der Waals surface area (Å²) in [5, 5.41) is 12.6. The van der Waals surface area contributed by atoms with Crippen LogP contribution in [0.1, 0.15) is 16.7 Å². The summed E-state index contributed by atoms with van der Waals surface area (Å²) in [7, 11) is 1.60. The van der Waals surface area contributed by atoms with Gasteiger partial charge in [0.15, 0.2) is 0 Å². The second-order valence-electron chi connectivity index (χ2n) is 8.23.